The van der Waals surface area contributed by atoms with E-state index < -0.39 is 9.73 Å². The van der Waals surface area contributed by atoms with E-state index in [4.69, 9.17) is 4.74 Å². The summed E-state index contributed by atoms with van der Waals surface area (Å²) in [5, 5.41) is 0. The fraction of sp³-hybridized carbons (Fsp3) is 0.385. The Morgan fingerprint density at radius 3 is 2.53 bits per heavy atom. The third-order valence-corrected chi connectivity index (χ3v) is 4.96. The molecular weight excluding hydrogens is 234 g/mol. The molecule has 0 aliphatic carbocycles. The lowest BCUT2D eigenvalue weighted by atomic mass is 10.2. The molecule has 0 unspecified atom stereocenters. The van der Waals surface area contributed by atoms with Gasteiger partial charge in [0.25, 0.3) is 0 Å². The van der Waals surface area contributed by atoms with E-state index in [1.165, 1.54) is 0 Å². The van der Waals surface area contributed by atoms with Crippen LogP contribution in [0.5, 0.6) is 5.75 Å². The topological polar surface area (TPSA) is 38.7 Å². The van der Waals surface area contributed by atoms with Gasteiger partial charge in [0, 0.05) is 23.1 Å². The average molecular weight is 253 g/mol. The van der Waals surface area contributed by atoms with Gasteiger partial charge in [-0.15, -0.1) is 0 Å². The van der Waals surface area contributed by atoms with Crippen LogP contribution in [-0.4, -0.2) is 22.8 Å². The predicted molar refractivity (Wildman–Crippen MR) is 74.4 cm³/mol. The molecule has 94 valence electrons. The summed E-state index contributed by atoms with van der Waals surface area (Å²) in [6.45, 7) is 7.52. The second kappa shape index (κ2) is 5.87. The summed E-state index contributed by atoms with van der Waals surface area (Å²) in [5.41, 5.74) is 1.56. The van der Waals surface area contributed by atoms with Gasteiger partial charge in [0.2, 0.25) is 0 Å². The standard InChI is InChI=1S/C13H19NO2S/c1-5-11-8-9-12(16-4)10-13(11)14-17(15,6-2)7-3/h5,8-10H,1,6-7H2,2-4H3. The molecule has 0 amide bonds. The van der Waals surface area contributed by atoms with Crippen molar-refractivity contribution in [2.24, 2.45) is 4.36 Å². The lowest BCUT2D eigenvalue weighted by molar-refractivity contribution is 0.415. The Bertz CT molecular complexity index is 504. The molecule has 1 aromatic carbocycles. The molecular formula is C13H19NO2S. The number of rotatable bonds is 5. The molecule has 0 fully saturated rings. The normalized spacial score (nSPS) is 11.0. The largest absolute Gasteiger partial charge is 0.497 e. The zero-order valence-electron chi connectivity index (χ0n) is 10.6. The van der Waals surface area contributed by atoms with E-state index in [9.17, 15) is 4.21 Å². The Morgan fingerprint density at radius 2 is 2.06 bits per heavy atom. The molecule has 17 heavy (non-hydrogen) atoms. The second-order valence-corrected chi connectivity index (χ2v) is 6.45. The fourth-order valence-corrected chi connectivity index (χ4v) is 2.60. The Morgan fingerprint density at radius 1 is 1.41 bits per heavy atom. The molecule has 3 nitrogen and oxygen atoms in total. The minimum atomic E-state index is -2.15. The highest BCUT2D eigenvalue weighted by Gasteiger charge is 2.06. The minimum absolute atomic E-state index is 0.553. The first-order valence-corrected chi connectivity index (χ1v) is 7.46. The summed E-state index contributed by atoms with van der Waals surface area (Å²) in [7, 11) is -0.553. The van der Waals surface area contributed by atoms with Crippen molar-refractivity contribution >= 4 is 21.5 Å². The van der Waals surface area contributed by atoms with Crippen molar-refractivity contribution in [3.8, 4) is 5.75 Å². The zero-order valence-corrected chi connectivity index (χ0v) is 11.4. The monoisotopic (exact) mass is 253 g/mol. The molecule has 0 aliphatic rings. The first-order valence-electron chi connectivity index (χ1n) is 5.61. The van der Waals surface area contributed by atoms with Gasteiger partial charge in [0.05, 0.1) is 22.5 Å². The van der Waals surface area contributed by atoms with Crippen molar-refractivity contribution in [3.63, 3.8) is 0 Å². The van der Waals surface area contributed by atoms with Crippen molar-refractivity contribution in [3.05, 3.63) is 30.3 Å². The smallest absolute Gasteiger partial charge is 0.121 e. The van der Waals surface area contributed by atoms with Gasteiger partial charge in [-0.25, -0.2) is 4.21 Å². The maximum Gasteiger partial charge on any atom is 0.121 e. The minimum Gasteiger partial charge on any atom is -0.497 e. The molecule has 0 spiro atoms. The number of benzene rings is 1. The first-order chi connectivity index (χ1) is 8.08. The highest BCUT2D eigenvalue weighted by Crippen LogP contribution is 2.27. The molecule has 0 aromatic heterocycles. The summed E-state index contributed by atoms with van der Waals surface area (Å²) in [6.07, 6.45) is 1.71. The fourth-order valence-electron chi connectivity index (χ4n) is 1.41. The van der Waals surface area contributed by atoms with Gasteiger partial charge in [-0.2, -0.15) is 4.36 Å². The molecule has 0 bridgehead atoms. The molecule has 4 heteroatoms. The SMILES string of the molecule is C=Cc1ccc(OC)cc1N=S(=O)(CC)CC. The Hall–Kier alpha value is -1.29. The van der Waals surface area contributed by atoms with Gasteiger partial charge < -0.3 is 4.74 Å². The summed E-state index contributed by atoms with van der Waals surface area (Å²) in [6, 6.07) is 5.51. The van der Waals surface area contributed by atoms with Gasteiger partial charge in [-0.3, -0.25) is 0 Å². The quantitative estimate of drug-likeness (QED) is 0.806. The predicted octanol–water partition coefficient (Wildman–Crippen LogP) is 3.48. The number of ether oxygens (including phenoxy) is 1. The summed E-state index contributed by atoms with van der Waals surface area (Å²) < 4.78 is 21.9. The molecule has 0 atom stereocenters. The van der Waals surface area contributed by atoms with Crippen LogP contribution in [0, 0.1) is 0 Å². The average Bonchev–Trinajstić information content (AvgIpc) is 2.38. The third kappa shape index (κ3) is 3.33. The van der Waals surface area contributed by atoms with Gasteiger partial charge in [-0.05, 0) is 12.1 Å². The van der Waals surface area contributed by atoms with Crippen molar-refractivity contribution in [2.45, 2.75) is 13.8 Å². The molecule has 0 aliphatic heterocycles. The Balaban J connectivity index is 3.38. The van der Waals surface area contributed by atoms with Crippen LogP contribution < -0.4 is 4.74 Å². The maximum atomic E-state index is 12.3. The van der Waals surface area contributed by atoms with Crippen molar-refractivity contribution in [2.75, 3.05) is 18.6 Å². The molecule has 0 saturated carbocycles. The highest BCUT2D eigenvalue weighted by atomic mass is 32.2. The zero-order chi connectivity index (χ0) is 12.9. The van der Waals surface area contributed by atoms with E-state index in [2.05, 4.69) is 10.9 Å². The second-order valence-electron chi connectivity index (χ2n) is 3.57. The van der Waals surface area contributed by atoms with Crippen LogP contribution in [0.2, 0.25) is 0 Å². The van der Waals surface area contributed by atoms with Crippen LogP contribution in [0.15, 0.2) is 29.1 Å². The number of methoxy groups -OCH3 is 1. The van der Waals surface area contributed by atoms with Gasteiger partial charge in [0.15, 0.2) is 0 Å². The van der Waals surface area contributed by atoms with Crippen molar-refractivity contribution < 1.29 is 8.95 Å². The van der Waals surface area contributed by atoms with E-state index in [1.807, 2.05) is 26.0 Å². The van der Waals surface area contributed by atoms with Gasteiger partial charge in [-0.1, -0.05) is 26.5 Å². The van der Waals surface area contributed by atoms with E-state index in [1.54, 1.807) is 19.3 Å². The van der Waals surface area contributed by atoms with Crippen LogP contribution in [-0.2, 0) is 9.73 Å². The maximum absolute atomic E-state index is 12.3. The lowest BCUT2D eigenvalue weighted by Crippen LogP contribution is -2.05. The van der Waals surface area contributed by atoms with E-state index in [0.717, 1.165) is 5.56 Å². The molecule has 1 aromatic rings. The highest BCUT2D eigenvalue weighted by molar-refractivity contribution is 7.93. The van der Waals surface area contributed by atoms with Crippen LogP contribution in [0.1, 0.15) is 19.4 Å². The molecule has 0 saturated heterocycles. The van der Waals surface area contributed by atoms with E-state index >= 15 is 0 Å². The lowest BCUT2D eigenvalue weighted by Gasteiger charge is -2.08. The Kier molecular flexibility index (Phi) is 4.75. The number of nitrogens with zero attached hydrogens (tertiary/aromatic N) is 1. The number of hydrogen-bond acceptors (Lipinski definition) is 3. The summed E-state index contributed by atoms with van der Waals surface area (Å²) in [4.78, 5) is 0. The first kappa shape index (κ1) is 13.8. The van der Waals surface area contributed by atoms with Gasteiger partial charge >= 0.3 is 0 Å². The molecule has 0 radical (unpaired) electrons. The molecule has 0 heterocycles. The van der Waals surface area contributed by atoms with Crippen LogP contribution in [0.25, 0.3) is 6.08 Å². The molecule has 1 rings (SSSR count). The Labute approximate surface area is 104 Å². The molecule has 0 N–H and O–H groups in total. The van der Waals surface area contributed by atoms with Gasteiger partial charge in [0.1, 0.15) is 5.75 Å². The van der Waals surface area contributed by atoms with Crippen molar-refractivity contribution in [1.82, 2.24) is 0 Å². The van der Waals surface area contributed by atoms with Crippen LogP contribution in [0.3, 0.4) is 0 Å². The van der Waals surface area contributed by atoms with Crippen molar-refractivity contribution in [1.29, 1.82) is 0 Å². The van der Waals surface area contributed by atoms with Crippen LogP contribution in [0.4, 0.5) is 5.69 Å². The third-order valence-electron chi connectivity index (χ3n) is 2.62. The van der Waals surface area contributed by atoms with E-state index in [-0.39, 0.29) is 0 Å². The van der Waals surface area contributed by atoms with Crippen LogP contribution >= 0.6 is 0 Å². The number of hydrogen-bond donors (Lipinski definition) is 0. The van der Waals surface area contributed by atoms with E-state index in [0.29, 0.717) is 22.9 Å². The summed E-state index contributed by atoms with van der Waals surface area (Å²) >= 11 is 0. The summed E-state index contributed by atoms with van der Waals surface area (Å²) in [5.74, 6) is 1.82.